The minimum absolute atomic E-state index is 0.650. The van der Waals surface area contributed by atoms with Gasteiger partial charge < -0.3 is 10.6 Å². The molecule has 88 valence electrons. The first kappa shape index (κ1) is 11.7. The maximum absolute atomic E-state index is 5.71. The van der Waals surface area contributed by atoms with E-state index >= 15 is 0 Å². The van der Waals surface area contributed by atoms with E-state index < -0.39 is 0 Å². The van der Waals surface area contributed by atoms with Crippen LogP contribution in [0, 0.1) is 0 Å². The predicted molar refractivity (Wildman–Crippen MR) is 71.6 cm³/mol. The van der Waals surface area contributed by atoms with Crippen molar-refractivity contribution in [3.05, 3.63) is 16.7 Å². The lowest BCUT2D eigenvalue weighted by Crippen LogP contribution is -2.33. The Morgan fingerprint density at radius 2 is 2.19 bits per heavy atom. The first-order valence-corrected chi connectivity index (χ1v) is 6.69. The molecule has 1 aromatic heterocycles. The fourth-order valence-electron chi connectivity index (χ4n) is 2.45. The second-order valence-corrected chi connectivity index (χ2v) is 5.15. The molecule has 4 heteroatoms. The van der Waals surface area contributed by atoms with Crippen LogP contribution >= 0.6 is 15.9 Å². The molecule has 2 rings (SSSR count). The Balaban J connectivity index is 2.25. The van der Waals surface area contributed by atoms with E-state index in [9.17, 15) is 0 Å². The van der Waals surface area contributed by atoms with E-state index in [1.165, 1.54) is 25.7 Å². The number of nitrogens with zero attached hydrogens (tertiary/aromatic N) is 2. The minimum Gasteiger partial charge on any atom is -0.397 e. The first-order valence-electron chi connectivity index (χ1n) is 5.90. The Hall–Kier alpha value is -0.770. The number of hydrogen-bond donors (Lipinski definition) is 1. The molecule has 0 saturated heterocycles. The molecule has 0 bridgehead atoms. The van der Waals surface area contributed by atoms with Crippen molar-refractivity contribution in [2.45, 2.75) is 38.6 Å². The Morgan fingerprint density at radius 3 is 2.75 bits per heavy atom. The average Bonchev–Trinajstić information content (AvgIpc) is 2.75. The first-order chi connectivity index (χ1) is 7.72. The number of nitrogens with two attached hydrogens (primary N) is 1. The van der Waals surface area contributed by atoms with Crippen LogP contribution in [0.4, 0.5) is 11.5 Å². The Bertz CT molecular complexity index is 361. The van der Waals surface area contributed by atoms with Crippen LogP contribution in [0.3, 0.4) is 0 Å². The highest BCUT2D eigenvalue weighted by molar-refractivity contribution is 9.10. The van der Waals surface area contributed by atoms with Gasteiger partial charge in [0.15, 0.2) is 0 Å². The molecule has 1 aliphatic carbocycles. The van der Waals surface area contributed by atoms with Crippen molar-refractivity contribution in [2.24, 2.45) is 0 Å². The molecule has 0 aliphatic heterocycles. The highest BCUT2D eigenvalue weighted by Crippen LogP contribution is 2.32. The minimum atomic E-state index is 0.650. The van der Waals surface area contributed by atoms with E-state index in [1.54, 1.807) is 6.20 Å². The van der Waals surface area contributed by atoms with Crippen LogP contribution in [0.25, 0.3) is 0 Å². The fourth-order valence-corrected chi connectivity index (χ4v) is 3.05. The molecule has 1 heterocycles. The predicted octanol–water partition coefficient (Wildman–Crippen LogP) is 3.20. The lowest BCUT2D eigenvalue weighted by atomic mass is 10.2. The number of halogens is 1. The molecular weight excluding hydrogens is 266 g/mol. The van der Waals surface area contributed by atoms with Gasteiger partial charge in [-0.25, -0.2) is 4.98 Å². The summed E-state index contributed by atoms with van der Waals surface area (Å²) in [5, 5.41) is 0. The van der Waals surface area contributed by atoms with Crippen LogP contribution < -0.4 is 10.6 Å². The number of aromatic nitrogens is 1. The lowest BCUT2D eigenvalue weighted by molar-refractivity contribution is 0.612. The third-order valence-electron chi connectivity index (χ3n) is 3.22. The monoisotopic (exact) mass is 283 g/mol. The summed E-state index contributed by atoms with van der Waals surface area (Å²) in [4.78, 5) is 6.83. The number of anilines is 2. The Labute approximate surface area is 105 Å². The van der Waals surface area contributed by atoms with Crippen LogP contribution in [0.15, 0.2) is 16.7 Å². The second-order valence-electron chi connectivity index (χ2n) is 4.30. The second kappa shape index (κ2) is 5.04. The molecular formula is C12H18BrN3. The zero-order valence-corrected chi connectivity index (χ0v) is 11.2. The van der Waals surface area contributed by atoms with Gasteiger partial charge in [-0.05, 0) is 41.8 Å². The van der Waals surface area contributed by atoms with E-state index in [1.807, 2.05) is 6.07 Å². The molecule has 1 saturated carbocycles. The molecule has 0 unspecified atom stereocenters. The third kappa shape index (κ3) is 2.32. The summed E-state index contributed by atoms with van der Waals surface area (Å²) in [6.07, 6.45) is 6.98. The topological polar surface area (TPSA) is 42.2 Å². The van der Waals surface area contributed by atoms with Gasteiger partial charge in [-0.3, -0.25) is 0 Å². The summed E-state index contributed by atoms with van der Waals surface area (Å²) in [5.74, 6) is 1.03. The van der Waals surface area contributed by atoms with Gasteiger partial charge in [0.1, 0.15) is 5.82 Å². The summed E-state index contributed by atoms with van der Waals surface area (Å²) in [6.45, 7) is 3.18. The summed E-state index contributed by atoms with van der Waals surface area (Å²) >= 11 is 3.55. The number of rotatable bonds is 3. The van der Waals surface area contributed by atoms with E-state index in [4.69, 9.17) is 5.73 Å². The maximum Gasteiger partial charge on any atom is 0.143 e. The molecule has 2 N–H and O–H groups in total. The lowest BCUT2D eigenvalue weighted by Gasteiger charge is -2.29. The van der Waals surface area contributed by atoms with Gasteiger partial charge in [-0.2, -0.15) is 0 Å². The summed E-state index contributed by atoms with van der Waals surface area (Å²) in [7, 11) is 0. The van der Waals surface area contributed by atoms with Gasteiger partial charge in [0.2, 0.25) is 0 Å². The smallest absolute Gasteiger partial charge is 0.143 e. The van der Waals surface area contributed by atoms with Gasteiger partial charge in [0, 0.05) is 12.6 Å². The van der Waals surface area contributed by atoms with Gasteiger partial charge in [0.05, 0.1) is 16.4 Å². The summed E-state index contributed by atoms with van der Waals surface area (Å²) in [6, 6.07) is 2.58. The van der Waals surface area contributed by atoms with Crippen molar-refractivity contribution in [3.63, 3.8) is 0 Å². The van der Waals surface area contributed by atoms with Gasteiger partial charge >= 0.3 is 0 Å². The molecule has 0 amide bonds. The highest BCUT2D eigenvalue weighted by Gasteiger charge is 2.23. The van der Waals surface area contributed by atoms with Gasteiger partial charge in [-0.1, -0.05) is 12.8 Å². The van der Waals surface area contributed by atoms with Crippen molar-refractivity contribution < 1.29 is 0 Å². The molecule has 0 radical (unpaired) electrons. The molecule has 0 atom stereocenters. The standard InChI is InChI=1S/C12H18BrN3/c1-2-16(10-5-3-4-6-10)12-11(13)7-9(14)8-15-12/h7-8,10H,2-6,14H2,1H3. The molecule has 3 nitrogen and oxygen atoms in total. The number of pyridine rings is 1. The number of nitrogen functional groups attached to an aromatic ring is 1. The molecule has 0 spiro atoms. The van der Waals surface area contributed by atoms with Crippen LogP contribution in [-0.4, -0.2) is 17.6 Å². The summed E-state index contributed by atoms with van der Waals surface area (Å²) < 4.78 is 1.00. The average molecular weight is 284 g/mol. The van der Waals surface area contributed by atoms with Crippen LogP contribution in [-0.2, 0) is 0 Å². The maximum atomic E-state index is 5.71. The highest BCUT2D eigenvalue weighted by atomic mass is 79.9. The van der Waals surface area contributed by atoms with Crippen molar-refractivity contribution in [2.75, 3.05) is 17.2 Å². The Morgan fingerprint density at radius 1 is 1.50 bits per heavy atom. The molecule has 1 aliphatic rings. The van der Waals surface area contributed by atoms with Crippen molar-refractivity contribution in [1.82, 2.24) is 4.98 Å². The molecule has 1 fully saturated rings. The number of hydrogen-bond acceptors (Lipinski definition) is 3. The van der Waals surface area contributed by atoms with Crippen LogP contribution in [0.2, 0.25) is 0 Å². The summed E-state index contributed by atoms with van der Waals surface area (Å²) in [5.41, 5.74) is 6.42. The van der Waals surface area contributed by atoms with Crippen molar-refractivity contribution in [3.8, 4) is 0 Å². The van der Waals surface area contributed by atoms with E-state index in [2.05, 4.69) is 32.7 Å². The largest absolute Gasteiger partial charge is 0.397 e. The van der Waals surface area contributed by atoms with Crippen molar-refractivity contribution in [1.29, 1.82) is 0 Å². The van der Waals surface area contributed by atoms with E-state index in [0.29, 0.717) is 11.7 Å². The van der Waals surface area contributed by atoms with Crippen molar-refractivity contribution >= 4 is 27.4 Å². The van der Waals surface area contributed by atoms with Crippen LogP contribution in [0.1, 0.15) is 32.6 Å². The van der Waals surface area contributed by atoms with Gasteiger partial charge in [0.25, 0.3) is 0 Å². The zero-order valence-electron chi connectivity index (χ0n) is 9.62. The van der Waals surface area contributed by atoms with Crippen LogP contribution in [0.5, 0.6) is 0 Å². The third-order valence-corrected chi connectivity index (χ3v) is 3.80. The zero-order chi connectivity index (χ0) is 11.5. The SMILES string of the molecule is CCN(c1ncc(N)cc1Br)C1CCCC1. The normalized spacial score (nSPS) is 16.6. The van der Waals surface area contributed by atoms with Gasteiger partial charge in [-0.15, -0.1) is 0 Å². The molecule has 0 aromatic carbocycles. The fraction of sp³-hybridized carbons (Fsp3) is 0.583. The molecule has 1 aromatic rings. The Kier molecular flexibility index (Phi) is 3.69. The quantitative estimate of drug-likeness (QED) is 0.926. The molecule has 16 heavy (non-hydrogen) atoms. The van der Waals surface area contributed by atoms with E-state index in [-0.39, 0.29) is 0 Å². The van der Waals surface area contributed by atoms with E-state index in [0.717, 1.165) is 16.8 Å².